The summed E-state index contributed by atoms with van der Waals surface area (Å²) < 4.78 is 0. The van der Waals surface area contributed by atoms with Crippen molar-refractivity contribution in [2.45, 2.75) is 36.8 Å². The zero-order chi connectivity index (χ0) is 13.0. The van der Waals surface area contributed by atoms with E-state index in [0.717, 1.165) is 5.25 Å². The fraction of sp³-hybridized carbons (Fsp3) is 0.643. The number of aromatic nitrogens is 1. The van der Waals surface area contributed by atoms with Crippen LogP contribution in [-0.4, -0.2) is 34.0 Å². The predicted molar refractivity (Wildman–Crippen MR) is 83.6 cm³/mol. The van der Waals surface area contributed by atoms with E-state index in [1.54, 1.807) is 0 Å². The van der Waals surface area contributed by atoms with Crippen LogP contribution in [-0.2, 0) is 0 Å². The van der Waals surface area contributed by atoms with Gasteiger partial charge in [-0.05, 0) is 37.6 Å². The zero-order valence-electron chi connectivity index (χ0n) is 11.3. The normalized spacial score (nSPS) is 25.9. The van der Waals surface area contributed by atoms with Crippen molar-refractivity contribution in [1.82, 2.24) is 10.3 Å². The molecule has 2 nitrogen and oxygen atoms in total. The monoisotopic (exact) mass is 282 g/mol. The average molecular weight is 282 g/mol. The van der Waals surface area contributed by atoms with E-state index in [9.17, 15) is 0 Å². The fourth-order valence-corrected chi connectivity index (χ4v) is 5.83. The first-order valence-electron chi connectivity index (χ1n) is 6.59. The third kappa shape index (κ3) is 3.03. The van der Waals surface area contributed by atoms with E-state index >= 15 is 0 Å². The summed E-state index contributed by atoms with van der Waals surface area (Å²) in [6.45, 7) is 4.49. The van der Waals surface area contributed by atoms with Gasteiger partial charge in [0, 0.05) is 40.4 Å². The summed E-state index contributed by atoms with van der Waals surface area (Å²) in [5.74, 6) is 2.56. The topological polar surface area (TPSA) is 24.9 Å². The van der Waals surface area contributed by atoms with E-state index in [2.05, 4.69) is 60.8 Å². The third-order valence-electron chi connectivity index (χ3n) is 3.55. The molecular formula is C14H22N2S2. The van der Waals surface area contributed by atoms with E-state index in [1.807, 2.05) is 12.4 Å². The Bertz CT molecular complexity index is 384. The summed E-state index contributed by atoms with van der Waals surface area (Å²) in [5, 5.41) is 4.92. The number of pyridine rings is 1. The molecule has 100 valence electrons. The largest absolute Gasteiger partial charge is 0.312 e. The minimum Gasteiger partial charge on any atom is -0.312 e. The van der Waals surface area contributed by atoms with Crippen LogP contribution >= 0.6 is 23.5 Å². The average Bonchev–Trinajstić information content (AvgIpc) is 2.42. The van der Waals surface area contributed by atoms with E-state index in [-0.39, 0.29) is 0 Å². The third-order valence-corrected chi connectivity index (χ3v) is 6.90. The van der Waals surface area contributed by atoms with Gasteiger partial charge in [0.2, 0.25) is 0 Å². The lowest BCUT2D eigenvalue weighted by Crippen LogP contribution is -2.37. The van der Waals surface area contributed by atoms with Gasteiger partial charge in [0.05, 0.1) is 0 Å². The van der Waals surface area contributed by atoms with E-state index in [1.165, 1.54) is 29.1 Å². The Hall–Kier alpha value is -0.190. The highest BCUT2D eigenvalue weighted by molar-refractivity contribution is 8.07. The second kappa shape index (κ2) is 6.83. The van der Waals surface area contributed by atoms with Gasteiger partial charge >= 0.3 is 0 Å². The molecule has 2 heterocycles. The van der Waals surface area contributed by atoms with Crippen LogP contribution in [0, 0.1) is 6.92 Å². The van der Waals surface area contributed by atoms with Crippen molar-refractivity contribution in [1.29, 1.82) is 0 Å². The van der Waals surface area contributed by atoms with Gasteiger partial charge in [0.1, 0.15) is 0 Å². The highest BCUT2D eigenvalue weighted by atomic mass is 32.2. The number of hydrogen-bond donors (Lipinski definition) is 1. The highest BCUT2D eigenvalue weighted by Crippen LogP contribution is 2.40. The first kappa shape index (κ1) is 14.2. The summed E-state index contributed by atoms with van der Waals surface area (Å²) in [6.07, 6.45) is 5.16. The lowest BCUT2D eigenvalue weighted by Gasteiger charge is -2.36. The van der Waals surface area contributed by atoms with Crippen LogP contribution < -0.4 is 5.32 Å². The second-order valence-electron chi connectivity index (χ2n) is 4.65. The van der Waals surface area contributed by atoms with Crippen LogP contribution in [0.15, 0.2) is 18.5 Å². The van der Waals surface area contributed by atoms with Crippen molar-refractivity contribution in [3.05, 3.63) is 29.6 Å². The van der Waals surface area contributed by atoms with Gasteiger partial charge in [-0.1, -0.05) is 6.92 Å². The lowest BCUT2D eigenvalue weighted by molar-refractivity contribution is 0.540. The molecule has 1 aliphatic rings. The van der Waals surface area contributed by atoms with Crippen molar-refractivity contribution in [2.24, 2.45) is 0 Å². The van der Waals surface area contributed by atoms with Crippen LogP contribution in [0.1, 0.15) is 30.5 Å². The second-order valence-corrected chi connectivity index (χ2v) is 7.28. The molecule has 1 N–H and O–H groups in total. The fourth-order valence-electron chi connectivity index (χ4n) is 2.55. The van der Waals surface area contributed by atoms with Crippen molar-refractivity contribution in [2.75, 3.05) is 18.6 Å². The molecule has 0 amide bonds. The summed E-state index contributed by atoms with van der Waals surface area (Å²) in [5.41, 5.74) is 2.70. The Labute approximate surface area is 119 Å². The molecule has 1 aromatic rings. The Morgan fingerprint density at radius 1 is 1.44 bits per heavy atom. The predicted octanol–water partition coefficient (Wildman–Crippen LogP) is 3.28. The molecule has 1 fully saturated rings. The summed E-state index contributed by atoms with van der Waals surface area (Å²) >= 11 is 4.26. The van der Waals surface area contributed by atoms with E-state index in [4.69, 9.17) is 0 Å². The molecule has 4 heteroatoms. The van der Waals surface area contributed by atoms with Crippen molar-refractivity contribution in [3.63, 3.8) is 0 Å². The minimum absolute atomic E-state index is 0.418. The summed E-state index contributed by atoms with van der Waals surface area (Å²) in [6, 6.07) is 2.53. The Morgan fingerprint density at radius 3 is 2.89 bits per heavy atom. The maximum absolute atomic E-state index is 4.30. The van der Waals surface area contributed by atoms with Gasteiger partial charge < -0.3 is 5.32 Å². The standard InChI is InChI=1S/C14H22N2S2/c1-4-12-14(18-8-7-17-12)13(15-3)11-9-16-6-5-10(11)2/h5-6,9,12-15H,4,7-8H2,1-3H3. The van der Waals surface area contributed by atoms with Gasteiger partial charge in [-0.15, -0.1) is 0 Å². The van der Waals surface area contributed by atoms with Crippen LogP contribution in [0.25, 0.3) is 0 Å². The molecule has 1 aliphatic heterocycles. The first-order valence-corrected chi connectivity index (χ1v) is 8.68. The molecule has 0 radical (unpaired) electrons. The lowest BCUT2D eigenvalue weighted by atomic mass is 9.98. The first-order chi connectivity index (χ1) is 8.77. The Kier molecular flexibility index (Phi) is 5.39. The molecular weight excluding hydrogens is 260 g/mol. The summed E-state index contributed by atoms with van der Waals surface area (Å²) in [7, 11) is 2.07. The zero-order valence-corrected chi connectivity index (χ0v) is 13.0. The quantitative estimate of drug-likeness (QED) is 0.916. The van der Waals surface area contributed by atoms with Gasteiger partial charge in [0.15, 0.2) is 0 Å². The highest BCUT2D eigenvalue weighted by Gasteiger charge is 2.32. The van der Waals surface area contributed by atoms with Gasteiger partial charge in [-0.25, -0.2) is 0 Å². The van der Waals surface area contributed by atoms with Gasteiger partial charge in [-0.3, -0.25) is 4.98 Å². The Balaban J connectivity index is 2.24. The summed E-state index contributed by atoms with van der Waals surface area (Å²) in [4.78, 5) is 4.30. The van der Waals surface area contributed by atoms with E-state index in [0.29, 0.717) is 11.3 Å². The molecule has 3 atom stereocenters. The van der Waals surface area contributed by atoms with Crippen LogP contribution in [0.2, 0.25) is 0 Å². The number of thioether (sulfide) groups is 2. The molecule has 3 unspecified atom stereocenters. The number of nitrogens with one attached hydrogen (secondary N) is 1. The number of nitrogens with zero attached hydrogens (tertiary/aromatic N) is 1. The minimum atomic E-state index is 0.418. The van der Waals surface area contributed by atoms with Crippen molar-refractivity contribution < 1.29 is 0 Å². The molecule has 0 saturated carbocycles. The van der Waals surface area contributed by atoms with Crippen LogP contribution in [0.3, 0.4) is 0 Å². The molecule has 0 spiro atoms. The maximum atomic E-state index is 4.30. The molecule has 0 bridgehead atoms. The SMILES string of the molecule is CCC1SCCSC1C(NC)c1cnccc1C. The van der Waals surface area contributed by atoms with Gasteiger partial charge in [-0.2, -0.15) is 23.5 Å². The molecule has 1 saturated heterocycles. The number of rotatable bonds is 4. The molecule has 0 aromatic carbocycles. The molecule has 1 aromatic heterocycles. The van der Waals surface area contributed by atoms with E-state index < -0.39 is 0 Å². The number of hydrogen-bond acceptors (Lipinski definition) is 4. The van der Waals surface area contributed by atoms with Crippen molar-refractivity contribution >= 4 is 23.5 Å². The molecule has 18 heavy (non-hydrogen) atoms. The van der Waals surface area contributed by atoms with Crippen LogP contribution in [0.5, 0.6) is 0 Å². The van der Waals surface area contributed by atoms with Crippen molar-refractivity contribution in [3.8, 4) is 0 Å². The smallest absolute Gasteiger partial charge is 0.0466 e. The number of aryl methyl sites for hydroxylation is 1. The van der Waals surface area contributed by atoms with Crippen LogP contribution in [0.4, 0.5) is 0 Å². The Morgan fingerprint density at radius 2 is 2.22 bits per heavy atom. The van der Waals surface area contributed by atoms with Gasteiger partial charge in [0.25, 0.3) is 0 Å². The maximum Gasteiger partial charge on any atom is 0.0466 e. The molecule has 2 rings (SSSR count). The molecule has 0 aliphatic carbocycles.